The highest BCUT2D eigenvalue weighted by atomic mass is 35.5. The minimum atomic E-state index is -0.413. The summed E-state index contributed by atoms with van der Waals surface area (Å²) in [6, 6.07) is 7.13. The Morgan fingerprint density at radius 1 is 1.47 bits per heavy atom. The molecule has 0 spiro atoms. The fourth-order valence-corrected chi connectivity index (χ4v) is 2.54. The smallest absolute Gasteiger partial charge is 0.256 e. The van der Waals surface area contributed by atoms with Gasteiger partial charge in [0.2, 0.25) is 0 Å². The van der Waals surface area contributed by atoms with Crippen LogP contribution in [0.1, 0.15) is 15.9 Å². The number of rotatable bonds is 1. The third-order valence-electron chi connectivity index (χ3n) is 3.35. The fraction of sp³-hybridized carbons (Fsp3) is 0.429. The molecule has 5 heteroatoms. The Morgan fingerprint density at radius 3 is 2.84 bits per heavy atom. The number of piperazine rings is 1. The number of hydrogen-bond acceptors (Lipinski definition) is 3. The monoisotopic (exact) mass is 277 g/mol. The average molecular weight is 278 g/mol. The van der Waals surface area contributed by atoms with Crippen molar-refractivity contribution in [2.75, 3.05) is 26.7 Å². The molecule has 1 heterocycles. The van der Waals surface area contributed by atoms with Gasteiger partial charge in [0.25, 0.3) is 5.91 Å². The van der Waals surface area contributed by atoms with Crippen molar-refractivity contribution in [2.45, 2.75) is 13.0 Å². The summed E-state index contributed by atoms with van der Waals surface area (Å²) in [6.07, 6.45) is 0. The van der Waals surface area contributed by atoms with E-state index in [9.17, 15) is 10.1 Å². The number of benzene rings is 1. The Bertz CT molecular complexity index is 538. The molecule has 1 aromatic rings. The molecule has 1 fully saturated rings. The summed E-state index contributed by atoms with van der Waals surface area (Å²) in [5, 5.41) is 9.63. The molecule has 19 heavy (non-hydrogen) atoms. The van der Waals surface area contributed by atoms with Crippen LogP contribution in [-0.4, -0.2) is 48.4 Å². The predicted octanol–water partition coefficient (Wildman–Crippen LogP) is 1.93. The summed E-state index contributed by atoms with van der Waals surface area (Å²) >= 11 is 6.12. The second kappa shape index (κ2) is 5.60. The van der Waals surface area contributed by atoms with Crippen molar-refractivity contribution in [2.24, 2.45) is 0 Å². The summed E-state index contributed by atoms with van der Waals surface area (Å²) in [5.74, 6) is -0.162. The maximum Gasteiger partial charge on any atom is 0.256 e. The SMILES string of the molecule is Cc1ccc(C(=O)N2CCN(C)CC2C#N)c(Cl)c1. The zero-order chi connectivity index (χ0) is 14.0. The number of amides is 1. The van der Waals surface area contributed by atoms with E-state index in [-0.39, 0.29) is 5.91 Å². The molecule has 0 bridgehead atoms. The van der Waals surface area contributed by atoms with Crippen LogP contribution < -0.4 is 0 Å². The van der Waals surface area contributed by atoms with Gasteiger partial charge in [0.15, 0.2) is 0 Å². The van der Waals surface area contributed by atoms with Crippen LogP contribution in [0.25, 0.3) is 0 Å². The van der Waals surface area contributed by atoms with Crippen LogP contribution >= 0.6 is 11.6 Å². The van der Waals surface area contributed by atoms with Crippen molar-refractivity contribution in [1.82, 2.24) is 9.80 Å². The number of nitrogens with zero attached hydrogens (tertiary/aromatic N) is 3. The third-order valence-corrected chi connectivity index (χ3v) is 3.66. The normalized spacial score (nSPS) is 20.1. The number of nitriles is 1. The molecule has 1 unspecified atom stereocenters. The number of likely N-dealkylation sites (N-methyl/N-ethyl adjacent to an activating group) is 1. The Labute approximate surface area is 118 Å². The largest absolute Gasteiger partial charge is 0.320 e. The molecule has 1 atom stereocenters. The van der Waals surface area contributed by atoms with Gasteiger partial charge in [-0.2, -0.15) is 5.26 Å². The van der Waals surface area contributed by atoms with Crippen molar-refractivity contribution in [1.29, 1.82) is 5.26 Å². The summed E-state index contributed by atoms with van der Waals surface area (Å²) in [7, 11) is 1.95. The minimum absolute atomic E-state index is 0.162. The predicted molar refractivity (Wildman–Crippen MR) is 74.1 cm³/mol. The third kappa shape index (κ3) is 2.89. The highest BCUT2D eigenvalue weighted by Gasteiger charge is 2.30. The van der Waals surface area contributed by atoms with Crippen LogP contribution in [0, 0.1) is 18.3 Å². The van der Waals surface area contributed by atoms with Gasteiger partial charge in [-0.25, -0.2) is 0 Å². The van der Waals surface area contributed by atoms with E-state index in [0.717, 1.165) is 12.1 Å². The molecule has 0 aliphatic carbocycles. The van der Waals surface area contributed by atoms with Crippen LogP contribution in [0.15, 0.2) is 18.2 Å². The van der Waals surface area contributed by atoms with Gasteiger partial charge < -0.3 is 9.80 Å². The second-order valence-corrected chi connectivity index (χ2v) is 5.30. The van der Waals surface area contributed by atoms with Crippen LogP contribution in [0.5, 0.6) is 0 Å². The zero-order valence-corrected chi connectivity index (χ0v) is 11.8. The Kier molecular flexibility index (Phi) is 4.08. The first kappa shape index (κ1) is 13.9. The summed E-state index contributed by atoms with van der Waals surface area (Å²) in [4.78, 5) is 16.1. The van der Waals surface area contributed by atoms with Crippen molar-refractivity contribution >= 4 is 17.5 Å². The van der Waals surface area contributed by atoms with Crippen molar-refractivity contribution in [3.8, 4) is 6.07 Å². The molecule has 1 aliphatic heterocycles. The first-order chi connectivity index (χ1) is 9.02. The fourth-order valence-electron chi connectivity index (χ4n) is 2.22. The lowest BCUT2D eigenvalue weighted by Gasteiger charge is -2.36. The number of carbonyl (C=O) groups is 1. The van der Waals surface area contributed by atoms with Crippen LogP contribution in [0.4, 0.5) is 0 Å². The van der Waals surface area contributed by atoms with Crippen LogP contribution in [0.2, 0.25) is 5.02 Å². The first-order valence-corrected chi connectivity index (χ1v) is 6.56. The molecule has 0 aromatic heterocycles. The topological polar surface area (TPSA) is 47.3 Å². The van der Waals surface area contributed by atoms with E-state index in [2.05, 4.69) is 11.0 Å². The van der Waals surface area contributed by atoms with E-state index in [0.29, 0.717) is 23.7 Å². The lowest BCUT2D eigenvalue weighted by atomic mass is 10.1. The quantitative estimate of drug-likeness (QED) is 0.788. The van der Waals surface area contributed by atoms with Gasteiger partial charge >= 0.3 is 0 Å². The number of aryl methyl sites for hydroxylation is 1. The summed E-state index contributed by atoms with van der Waals surface area (Å²) < 4.78 is 0. The number of hydrogen-bond donors (Lipinski definition) is 0. The molecule has 1 aliphatic rings. The van der Waals surface area contributed by atoms with Gasteiger partial charge in [-0.1, -0.05) is 17.7 Å². The Morgan fingerprint density at radius 2 is 2.21 bits per heavy atom. The number of halogens is 1. The molecule has 100 valence electrons. The minimum Gasteiger partial charge on any atom is -0.320 e. The Balaban J connectivity index is 2.26. The van der Waals surface area contributed by atoms with Crippen molar-refractivity contribution < 1.29 is 4.79 Å². The van der Waals surface area contributed by atoms with E-state index >= 15 is 0 Å². The van der Waals surface area contributed by atoms with E-state index in [1.165, 1.54) is 0 Å². The van der Waals surface area contributed by atoms with Gasteiger partial charge in [-0.3, -0.25) is 4.79 Å². The molecule has 4 nitrogen and oxygen atoms in total. The highest BCUT2D eigenvalue weighted by Crippen LogP contribution is 2.21. The zero-order valence-electron chi connectivity index (χ0n) is 11.1. The van der Waals surface area contributed by atoms with E-state index in [4.69, 9.17) is 11.6 Å². The van der Waals surface area contributed by atoms with Gasteiger partial charge in [0.1, 0.15) is 6.04 Å². The van der Waals surface area contributed by atoms with Gasteiger partial charge in [0.05, 0.1) is 16.7 Å². The van der Waals surface area contributed by atoms with E-state index in [1.54, 1.807) is 17.0 Å². The van der Waals surface area contributed by atoms with Crippen molar-refractivity contribution in [3.05, 3.63) is 34.3 Å². The molecule has 1 aromatic carbocycles. The molecular formula is C14H16ClN3O. The second-order valence-electron chi connectivity index (χ2n) is 4.89. The van der Waals surface area contributed by atoms with E-state index in [1.807, 2.05) is 20.0 Å². The lowest BCUT2D eigenvalue weighted by Crippen LogP contribution is -2.53. The highest BCUT2D eigenvalue weighted by molar-refractivity contribution is 6.33. The maximum absolute atomic E-state index is 12.5. The summed E-state index contributed by atoms with van der Waals surface area (Å²) in [5.41, 5.74) is 1.48. The van der Waals surface area contributed by atoms with Gasteiger partial charge in [-0.15, -0.1) is 0 Å². The molecule has 0 N–H and O–H groups in total. The number of carbonyl (C=O) groups excluding carboxylic acids is 1. The lowest BCUT2D eigenvalue weighted by molar-refractivity contribution is 0.0585. The maximum atomic E-state index is 12.5. The molecule has 0 saturated carbocycles. The molecule has 0 radical (unpaired) electrons. The molecule has 1 amide bonds. The molecule has 1 saturated heterocycles. The van der Waals surface area contributed by atoms with Crippen LogP contribution in [0.3, 0.4) is 0 Å². The average Bonchev–Trinajstić information content (AvgIpc) is 2.37. The van der Waals surface area contributed by atoms with E-state index < -0.39 is 6.04 Å². The summed E-state index contributed by atoms with van der Waals surface area (Å²) in [6.45, 7) is 3.82. The van der Waals surface area contributed by atoms with Crippen molar-refractivity contribution in [3.63, 3.8) is 0 Å². The first-order valence-electron chi connectivity index (χ1n) is 6.18. The van der Waals surface area contributed by atoms with Crippen LogP contribution in [-0.2, 0) is 0 Å². The van der Waals surface area contributed by atoms with Gasteiger partial charge in [0, 0.05) is 19.6 Å². The van der Waals surface area contributed by atoms with Gasteiger partial charge in [-0.05, 0) is 31.7 Å². The molecule has 2 rings (SSSR count). The standard InChI is InChI=1S/C14H16ClN3O/c1-10-3-4-12(13(15)7-10)14(19)18-6-5-17(2)9-11(18)8-16/h3-4,7,11H,5-6,9H2,1-2H3. The Hall–Kier alpha value is -1.57. The molecular weight excluding hydrogens is 262 g/mol.